The van der Waals surface area contributed by atoms with Gasteiger partial charge < -0.3 is 19.4 Å². The molecule has 1 heterocycles. The lowest BCUT2D eigenvalue weighted by molar-refractivity contribution is 0.159. The number of halogens is 4. The van der Waals surface area contributed by atoms with Crippen molar-refractivity contribution in [2.75, 3.05) is 41.3 Å². The Balaban J connectivity index is 0. The lowest BCUT2D eigenvalue weighted by atomic mass is 10.1. The van der Waals surface area contributed by atoms with Crippen molar-refractivity contribution in [2.45, 2.75) is 53.9 Å². The van der Waals surface area contributed by atoms with Crippen LogP contribution in [0.3, 0.4) is 0 Å². The molecule has 0 aliphatic carbocycles. The number of alkyl halides is 2. The first-order chi connectivity index (χ1) is 17.3. The maximum atomic E-state index is 13.1. The summed E-state index contributed by atoms with van der Waals surface area (Å²) in [5.74, 6) is 0.287. The second-order valence-electron chi connectivity index (χ2n) is 6.32. The smallest absolute Gasteiger partial charge is 0.256 e. The maximum absolute atomic E-state index is 13.1. The molecule has 0 spiro atoms. The lowest BCUT2D eigenvalue weighted by Gasteiger charge is -2.25. The average molecular weight is 678 g/mol. The first kappa shape index (κ1) is 37.2. The minimum Gasteiger partial charge on any atom is -0.400 e. The van der Waals surface area contributed by atoms with Crippen LogP contribution < -0.4 is 14.3 Å². The Kier molecular flexibility index (Phi) is 22.8. The van der Waals surface area contributed by atoms with Gasteiger partial charge in [-0.2, -0.15) is 0 Å². The number of hydrogen-bond acceptors (Lipinski definition) is 7. The fraction of sp³-hybridized carbons (Fsp3) is 0.500. The molecule has 206 valence electrons. The highest BCUT2D eigenvalue weighted by molar-refractivity contribution is 14.2. The van der Waals surface area contributed by atoms with Crippen LogP contribution in [0.4, 0.5) is 37.3 Å². The summed E-state index contributed by atoms with van der Waals surface area (Å²) in [5.41, 5.74) is 4.04. The van der Waals surface area contributed by atoms with Gasteiger partial charge in [0.25, 0.3) is 6.43 Å². The summed E-state index contributed by atoms with van der Waals surface area (Å²) >= 11 is 9.87. The van der Waals surface area contributed by atoms with Crippen LogP contribution in [0.5, 0.6) is 0 Å². The van der Waals surface area contributed by atoms with E-state index in [0.29, 0.717) is 11.4 Å². The molecule has 1 atom stereocenters. The molecule has 2 aromatic rings. The predicted octanol–water partition coefficient (Wildman–Crippen LogP) is 9.15. The summed E-state index contributed by atoms with van der Waals surface area (Å²) in [6.45, 7) is 13.3. The number of pyridine rings is 1. The van der Waals surface area contributed by atoms with Gasteiger partial charge in [0.2, 0.25) is 0 Å². The van der Waals surface area contributed by atoms with Gasteiger partial charge in [-0.25, -0.2) is 13.8 Å². The van der Waals surface area contributed by atoms with Crippen LogP contribution in [0.1, 0.15) is 46.6 Å². The number of hydrogen-bond donors (Lipinski definition) is 2. The zero-order valence-electron chi connectivity index (χ0n) is 22.4. The molecular formula is C24H40ClF2IN5OPS. The predicted molar refractivity (Wildman–Crippen MR) is 171 cm³/mol. The Hall–Kier alpha value is -0.940. The van der Waals surface area contributed by atoms with Crippen LogP contribution in [0, 0.1) is 0 Å². The molecule has 0 saturated heterocycles. The van der Waals surface area contributed by atoms with Crippen molar-refractivity contribution in [3.63, 3.8) is 0 Å². The van der Waals surface area contributed by atoms with Gasteiger partial charge >= 0.3 is 0 Å². The highest BCUT2D eigenvalue weighted by Crippen LogP contribution is 2.44. The SMILES string of the molecule is C=Nc1c(Nc2ccc(CCC)cc2N(C)SC)cc(Cl)nc1N(CC(F)F)PI.CC.CC.CO. The molecule has 1 unspecified atom stereocenters. The molecular weight excluding hydrogens is 638 g/mol. The average Bonchev–Trinajstić information content (AvgIpc) is 2.90. The summed E-state index contributed by atoms with van der Waals surface area (Å²) in [6.07, 6.45) is 1.58. The quantitative estimate of drug-likeness (QED) is 0.0813. The zero-order valence-corrected chi connectivity index (χ0v) is 27.1. The van der Waals surface area contributed by atoms with Gasteiger partial charge in [0.15, 0.2) is 5.82 Å². The Morgan fingerprint density at radius 1 is 1.22 bits per heavy atom. The van der Waals surface area contributed by atoms with Gasteiger partial charge in [0, 0.05) is 32.9 Å². The van der Waals surface area contributed by atoms with E-state index in [1.165, 1.54) is 10.2 Å². The summed E-state index contributed by atoms with van der Waals surface area (Å²) < 4.78 is 29.6. The molecule has 6 nitrogen and oxygen atoms in total. The number of nitrogens with zero attached hydrogens (tertiary/aromatic N) is 4. The van der Waals surface area contributed by atoms with E-state index in [9.17, 15) is 8.78 Å². The molecule has 0 amide bonds. The van der Waals surface area contributed by atoms with E-state index in [1.54, 1.807) is 18.0 Å². The molecule has 36 heavy (non-hydrogen) atoms. The van der Waals surface area contributed by atoms with E-state index in [1.807, 2.05) is 69.1 Å². The van der Waals surface area contributed by atoms with Crippen LogP contribution in [0.2, 0.25) is 5.15 Å². The van der Waals surface area contributed by atoms with E-state index >= 15 is 0 Å². The molecule has 1 aromatic heterocycles. The number of benzene rings is 1. The van der Waals surface area contributed by atoms with Crippen molar-refractivity contribution >= 4 is 87.2 Å². The first-order valence-corrected chi connectivity index (χ1v) is 17.2. The zero-order chi connectivity index (χ0) is 28.3. The standard InChI is InChI=1S/C19H24ClF2IN5PS.2C2H6.CH4O/c1-5-6-12-7-8-13(15(9-12)27(3)30-4)25-14-10-16(20)26-19(18(14)24-2)28(29-23)11-17(21)22;3*1-2/h7-10,17,29H,2,5-6,11H2,1,3-4H3,(H,25,26);2*1-2H3;2H,1H3. The Bertz CT molecular complexity index is 887. The number of aliphatic hydroxyl groups is 1. The van der Waals surface area contributed by atoms with Gasteiger partial charge in [0.1, 0.15) is 10.8 Å². The normalized spacial score (nSPS) is 9.94. The van der Waals surface area contributed by atoms with E-state index in [2.05, 4.69) is 45.4 Å². The number of rotatable bonds is 11. The van der Waals surface area contributed by atoms with Gasteiger partial charge in [-0.3, -0.25) is 4.99 Å². The van der Waals surface area contributed by atoms with E-state index < -0.39 is 13.0 Å². The summed E-state index contributed by atoms with van der Waals surface area (Å²) in [6, 6.07) is 7.85. The van der Waals surface area contributed by atoms with Crippen LogP contribution >= 0.6 is 52.0 Å². The molecule has 0 fully saturated rings. The Morgan fingerprint density at radius 2 is 1.83 bits per heavy atom. The number of anilines is 4. The van der Waals surface area contributed by atoms with Gasteiger partial charge in [-0.15, -0.1) is 0 Å². The Labute approximate surface area is 240 Å². The van der Waals surface area contributed by atoms with Crippen molar-refractivity contribution in [1.29, 1.82) is 0 Å². The van der Waals surface area contributed by atoms with Crippen LogP contribution in [-0.2, 0) is 6.42 Å². The van der Waals surface area contributed by atoms with Crippen molar-refractivity contribution in [2.24, 2.45) is 4.99 Å². The lowest BCUT2D eigenvalue weighted by Crippen LogP contribution is -2.20. The molecule has 0 aliphatic heterocycles. The monoisotopic (exact) mass is 677 g/mol. The van der Waals surface area contributed by atoms with Crippen LogP contribution in [0.25, 0.3) is 0 Å². The highest BCUT2D eigenvalue weighted by Gasteiger charge is 2.21. The molecule has 0 bridgehead atoms. The molecule has 0 aliphatic rings. The van der Waals surface area contributed by atoms with E-state index in [4.69, 9.17) is 16.7 Å². The minimum atomic E-state index is -2.50. The molecule has 12 heteroatoms. The highest BCUT2D eigenvalue weighted by atomic mass is 127. The van der Waals surface area contributed by atoms with E-state index in [-0.39, 0.29) is 17.3 Å². The molecule has 2 N–H and O–H groups in total. The second kappa shape index (κ2) is 22.1. The van der Waals surface area contributed by atoms with Gasteiger partial charge in [-0.1, -0.05) is 70.7 Å². The van der Waals surface area contributed by atoms with Gasteiger partial charge in [0.05, 0.1) is 23.6 Å². The molecule has 2 rings (SSSR count). The summed E-state index contributed by atoms with van der Waals surface area (Å²) in [5, 5.41) is 10.6. The van der Waals surface area contributed by atoms with Gasteiger partial charge in [-0.05, 0) is 52.9 Å². The largest absolute Gasteiger partial charge is 0.400 e. The first-order valence-electron chi connectivity index (χ1n) is 11.6. The minimum absolute atomic E-state index is 0.0459. The van der Waals surface area contributed by atoms with Crippen LogP contribution in [-0.4, -0.2) is 50.2 Å². The second-order valence-corrected chi connectivity index (χ2v) is 9.77. The third-order valence-corrected chi connectivity index (χ3v) is 7.55. The summed E-state index contributed by atoms with van der Waals surface area (Å²) in [4.78, 5) is 8.34. The van der Waals surface area contributed by atoms with E-state index in [0.717, 1.165) is 31.3 Å². The summed E-state index contributed by atoms with van der Waals surface area (Å²) in [7, 11) is 2.99. The number of aromatic nitrogens is 1. The number of aliphatic imine (C=N–C) groups is 1. The number of nitrogens with one attached hydrogen (secondary N) is 1. The third kappa shape index (κ3) is 12.1. The molecule has 1 aromatic carbocycles. The van der Waals surface area contributed by atoms with Crippen molar-refractivity contribution in [3.05, 3.63) is 35.0 Å². The van der Waals surface area contributed by atoms with Crippen LogP contribution in [0.15, 0.2) is 29.3 Å². The molecule has 0 saturated carbocycles. The fourth-order valence-corrected chi connectivity index (χ4v) is 5.12. The number of aryl methyl sites for hydroxylation is 1. The topological polar surface area (TPSA) is 64.0 Å². The Morgan fingerprint density at radius 3 is 2.31 bits per heavy atom. The number of aliphatic hydroxyl groups excluding tert-OH is 1. The molecule has 0 radical (unpaired) electrons. The van der Waals surface area contributed by atoms with Crippen molar-refractivity contribution in [1.82, 2.24) is 4.98 Å². The van der Waals surface area contributed by atoms with Crippen molar-refractivity contribution in [3.8, 4) is 0 Å². The fourth-order valence-electron chi connectivity index (χ4n) is 2.86. The maximum Gasteiger partial charge on any atom is 0.256 e. The van der Waals surface area contributed by atoms with Crippen molar-refractivity contribution < 1.29 is 13.9 Å². The third-order valence-electron chi connectivity index (χ3n) is 4.26.